The van der Waals surface area contributed by atoms with Gasteiger partial charge in [-0.05, 0) is 62.2 Å². The molecule has 0 aromatic heterocycles. The van der Waals surface area contributed by atoms with E-state index in [1.165, 1.54) is 0 Å². The maximum Gasteiger partial charge on any atom is 0.264 e. The van der Waals surface area contributed by atoms with Crippen LogP contribution in [0.5, 0.6) is 5.75 Å². The second-order valence-corrected chi connectivity index (χ2v) is 9.49. The second-order valence-electron chi connectivity index (χ2n) is 7.63. The Hall–Kier alpha value is -3.32. The molecule has 0 heterocycles. The second kappa shape index (κ2) is 10.3. The molecule has 6 nitrogen and oxygen atoms in total. The first-order valence-corrected chi connectivity index (χ1v) is 11.8. The lowest BCUT2D eigenvalue weighted by Gasteiger charge is -2.24. The Morgan fingerprint density at radius 2 is 1.62 bits per heavy atom. The number of rotatable bonds is 9. The largest absolute Gasteiger partial charge is 0.491 e. The van der Waals surface area contributed by atoms with Crippen LogP contribution < -0.4 is 14.4 Å². The van der Waals surface area contributed by atoms with Crippen LogP contribution in [0.15, 0.2) is 77.7 Å². The van der Waals surface area contributed by atoms with Crippen LogP contribution in [0.1, 0.15) is 16.7 Å². The van der Waals surface area contributed by atoms with E-state index in [4.69, 9.17) is 4.74 Å². The third-order valence-electron chi connectivity index (χ3n) is 4.96. The maximum atomic E-state index is 13.4. The van der Waals surface area contributed by atoms with E-state index in [2.05, 4.69) is 5.32 Å². The van der Waals surface area contributed by atoms with E-state index in [0.717, 1.165) is 26.7 Å². The highest BCUT2D eigenvalue weighted by molar-refractivity contribution is 7.92. The predicted octanol–water partition coefficient (Wildman–Crippen LogP) is 4.00. The fourth-order valence-electron chi connectivity index (χ4n) is 3.19. The van der Waals surface area contributed by atoms with Crippen LogP contribution in [0, 0.1) is 20.8 Å². The molecule has 0 unspecified atom stereocenters. The number of anilines is 1. The van der Waals surface area contributed by atoms with Gasteiger partial charge in [0.15, 0.2) is 0 Å². The zero-order valence-corrected chi connectivity index (χ0v) is 19.4. The van der Waals surface area contributed by atoms with Gasteiger partial charge in [0, 0.05) is 0 Å². The molecule has 168 valence electrons. The van der Waals surface area contributed by atoms with Crippen molar-refractivity contribution in [3.8, 4) is 5.75 Å². The molecule has 1 N–H and O–H groups in total. The van der Waals surface area contributed by atoms with Crippen LogP contribution >= 0.6 is 0 Å². The summed E-state index contributed by atoms with van der Waals surface area (Å²) in [4.78, 5) is 12.8. The number of hydrogen-bond donors (Lipinski definition) is 1. The highest BCUT2D eigenvalue weighted by Crippen LogP contribution is 2.24. The van der Waals surface area contributed by atoms with Gasteiger partial charge in [0.25, 0.3) is 10.0 Å². The van der Waals surface area contributed by atoms with E-state index in [9.17, 15) is 13.2 Å². The van der Waals surface area contributed by atoms with Crippen LogP contribution in [0.3, 0.4) is 0 Å². The Labute approximate surface area is 189 Å². The summed E-state index contributed by atoms with van der Waals surface area (Å²) in [7, 11) is -3.92. The molecule has 0 saturated heterocycles. The number of sulfonamides is 1. The Morgan fingerprint density at radius 1 is 0.906 bits per heavy atom. The van der Waals surface area contributed by atoms with E-state index in [1.807, 2.05) is 51.1 Å². The predicted molar refractivity (Wildman–Crippen MR) is 127 cm³/mol. The molecule has 0 aliphatic rings. The number of ether oxygens (including phenoxy) is 1. The van der Waals surface area contributed by atoms with Gasteiger partial charge < -0.3 is 10.1 Å². The van der Waals surface area contributed by atoms with Crippen molar-refractivity contribution >= 4 is 21.6 Å². The minimum absolute atomic E-state index is 0.139. The Kier molecular flexibility index (Phi) is 7.53. The molecule has 0 atom stereocenters. The average molecular weight is 453 g/mol. The monoisotopic (exact) mass is 452 g/mol. The smallest absolute Gasteiger partial charge is 0.264 e. The molecular formula is C25H28N2O4S. The molecular weight excluding hydrogens is 424 g/mol. The number of benzene rings is 3. The molecule has 0 radical (unpaired) electrons. The summed E-state index contributed by atoms with van der Waals surface area (Å²) in [5.74, 6) is 0.348. The van der Waals surface area contributed by atoms with Crippen molar-refractivity contribution in [1.29, 1.82) is 0 Å². The topological polar surface area (TPSA) is 75.7 Å². The van der Waals surface area contributed by atoms with Gasteiger partial charge >= 0.3 is 0 Å². The summed E-state index contributed by atoms with van der Waals surface area (Å²) in [5, 5.41) is 2.75. The first-order valence-electron chi connectivity index (χ1n) is 10.4. The summed E-state index contributed by atoms with van der Waals surface area (Å²) in [6, 6.07) is 21.3. The summed E-state index contributed by atoms with van der Waals surface area (Å²) in [6.07, 6.45) is 0. The Morgan fingerprint density at radius 3 is 2.31 bits per heavy atom. The molecule has 3 aromatic carbocycles. The van der Waals surface area contributed by atoms with Crippen molar-refractivity contribution in [2.75, 3.05) is 24.0 Å². The quantitative estimate of drug-likeness (QED) is 0.498. The van der Waals surface area contributed by atoms with Gasteiger partial charge in [-0.3, -0.25) is 9.10 Å². The average Bonchev–Trinajstić information content (AvgIpc) is 2.76. The molecule has 3 rings (SSSR count). The number of nitrogens with zero attached hydrogens (tertiary/aromatic N) is 1. The van der Waals surface area contributed by atoms with E-state index in [1.54, 1.807) is 42.5 Å². The van der Waals surface area contributed by atoms with E-state index >= 15 is 0 Å². The van der Waals surface area contributed by atoms with Crippen molar-refractivity contribution in [2.45, 2.75) is 25.7 Å². The summed E-state index contributed by atoms with van der Waals surface area (Å²) in [5.41, 5.74) is 3.31. The number of amides is 1. The lowest BCUT2D eigenvalue weighted by atomic mass is 10.2. The van der Waals surface area contributed by atoms with Gasteiger partial charge in [0.1, 0.15) is 18.9 Å². The molecule has 3 aromatic rings. The van der Waals surface area contributed by atoms with Gasteiger partial charge in [0.05, 0.1) is 17.1 Å². The van der Waals surface area contributed by atoms with Crippen molar-refractivity contribution in [3.05, 3.63) is 89.5 Å². The van der Waals surface area contributed by atoms with E-state index in [0.29, 0.717) is 5.69 Å². The van der Waals surface area contributed by atoms with Crippen molar-refractivity contribution in [2.24, 2.45) is 0 Å². The normalized spacial score (nSPS) is 11.1. The maximum absolute atomic E-state index is 13.4. The molecule has 0 bridgehead atoms. The summed E-state index contributed by atoms with van der Waals surface area (Å²) < 4.78 is 33.6. The number of aryl methyl sites for hydroxylation is 3. The van der Waals surface area contributed by atoms with E-state index in [-0.39, 0.29) is 24.6 Å². The standard InChI is InChI=1S/C25H28N2O4S/c1-19-11-13-23(14-12-19)32(29,30)27(22-9-6-7-20(2)17-22)18-25(28)26-15-16-31-24-10-5-4-8-21(24)3/h4-14,17H,15-16,18H2,1-3H3,(H,26,28). The molecule has 0 aliphatic heterocycles. The van der Waals surface area contributed by atoms with Crippen molar-refractivity contribution in [1.82, 2.24) is 5.32 Å². The molecule has 0 fully saturated rings. The molecule has 7 heteroatoms. The van der Waals surface area contributed by atoms with Crippen LogP contribution in [-0.4, -0.2) is 34.0 Å². The first-order chi connectivity index (χ1) is 15.3. The lowest BCUT2D eigenvalue weighted by molar-refractivity contribution is -0.119. The van der Waals surface area contributed by atoms with Crippen LogP contribution in [0.4, 0.5) is 5.69 Å². The van der Waals surface area contributed by atoms with Crippen LogP contribution in [0.2, 0.25) is 0 Å². The summed E-state index contributed by atoms with van der Waals surface area (Å²) in [6.45, 7) is 5.93. The Bertz CT molecular complexity index is 1170. The minimum Gasteiger partial charge on any atom is -0.491 e. The molecule has 1 amide bonds. The minimum atomic E-state index is -3.92. The number of carbonyl (C=O) groups is 1. The number of carbonyl (C=O) groups excluding carboxylic acids is 1. The number of hydrogen-bond acceptors (Lipinski definition) is 4. The fourth-order valence-corrected chi connectivity index (χ4v) is 4.60. The van der Waals surface area contributed by atoms with Crippen molar-refractivity contribution in [3.63, 3.8) is 0 Å². The molecule has 0 saturated carbocycles. The van der Waals surface area contributed by atoms with Gasteiger partial charge in [-0.15, -0.1) is 0 Å². The zero-order valence-electron chi connectivity index (χ0n) is 18.5. The third-order valence-corrected chi connectivity index (χ3v) is 6.75. The zero-order chi connectivity index (χ0) is 23.1. The van der Waals surface area contributed by atoms with Gasteiger partial charge in [0.2, 0.25) is 5.91 Å². The van der Waals surface area contributed by atoms with Gasteiger partial charge in [-0.1, -0.05) is 48.0 Å². The van der Waals surface area contributed by atoms with E-state index < -0.39 is 15.9 Å². The highest BCUT2D eigenvalue weighted by Gasteiger charge is 2.27. The molecule has 0 spiro atoms. The van der Waals surface area contributed by atoms with Crippen LogP contribution in [-0.2, 0) is 14.8 Å². The summed E-state index contributed by atoms with van der Waals surface area (Å²) >= 11 is 0. The number of nitrogens with one attached hydrogen (secondary N) is 1. The highest BCUT2D eigenvalue weighted by atomic mass is 32.2. The van der Waals surface area contributed by atoms with Gasteiger partial charge in [-0.2, -0.15) is 0 Å². The van der Waals surface area contributed by atoms with Gasteiger partial charge in [-0.25, -0.2) is 8.42 Å². The first kappa shape index (κ1) is 23.3. The third kappa shape index (κ3) is 5.88. The Balaban J connectivity index is 1.72. The fraction of sp³-hybridized carbons (Fsp3) is 0.240. The molecule has 32 heavy (non-hydrogen) atoms. The number of para-hydroxylation sites is 1. The van der Waals surface area contributed by atoms with Crippen LogP contribution in [0.25, 0.3) is 0 Å². The SMILES string of the molecule is Cc1ccc(S(=O)(=O)N(CC(=O)NCCOc2ccccc2C)c2cccc(C)c2)cc1. The lowest BCUT2D eigenvalue weighted by Crippen LogP contribution is -2.42. The van der Waals surface area contributed by atoms with Crippen molar-refractivity contribution < 1.29 is 17.9 Å². The molecule has 0 aliphatic carbocycles.